The van der Waals surface area contributed by atoms with Crippen LogP contribution in [0.15, 0.2) is 53.4 Å². The van der Waals surface area contributed by atoms with Gasteiger partial charge in [0.05, 0.1) is 16.7 Å². The van der Waals surface area contributed by atoms with Crippen molar-refractivity contribution in [3.05, 3.63) is 59.9 Å². The van der Waals surface area contributed by atoms with Crippen LogP contribution < -0.4 is 10.0 Å². The van der Waals surface area contributed by atoms with Crippen LogP contribution in [0.4, 0.5) is 10.1 Å². The second-order valence-electron chi connectivity index (χ2n) is 7.20. The number of hydrogen-bond donors (Lipinski definition) is 2. The summed E-state index contributed by atoms with van der Waals surface area (Å²) in [6.45, 7) is 2.75. The van der Waals surface area contributed by atoms with Gasteiger partial charge in [-0.15, -0.1) is 0 Å². The number of anilines is 1. The maximum atomic E-state index is 13.7. The fourth-order valence-electron chi connectivity index (χ4n) is 3.22. The summed E-state index contributed by atoms with van der Waals surface area (Å²) in [4.78, 5) is 12.3. The maximum absolute atomic E-state index is 13.7. The fourth-order valence-corrected chi connectivity index (χ4v) is 4.29. The topological polar surface area (TPSA) is 84.5 Å². The maximum Gasteiger partial charge on any atom is 0.261 e. The molecule has 1 aliphatic rings. The van der Waals surface area contributed by atoms with E-state index >= 15 is 0 Å². The third kappa shape index (κ3) is 5.77. The number of para-hydroxylation sites is 1. The molecule has 2 unspecified atom stereocenters. The minimum Gasteiger partial charge on any atom is -0.378 e. The lowest BCUT2D eigenvalue weighted by Gasteiger charge is -2.16. The highest BCUT2D eigenvalue weighted by molar-refractivity contribution is 7.92. The van der Waals surface area contributed by atoms with Gasteiger partial charge in [0.25, 0.3) is 15.9 Å². The first kappa shape index (κ1) is 21.3. The average Bonchev–Trinajstić information content (AvgIpc) is 3.22. The molecule has 2 atom stereocenters. The van der Waals surface area contributed by atoms with E-state index < -0.39 is 15.8 Å². The number of carbonyl (C=O) groups excluding carboxylic acids is 1. The lowest BCUT2D eigenvalue weighted by molar-refractivity contribution is 0.0899. The van der Waals surface area contributed by atoms with Crippen molar-refractivity contribution >= 4 is 21.6 Å². The molecular formula is C21H25FN2O4S. The van der Waals surface area contributed by atoms with Crippen molar-refractivity contribution in [2.75, 3.05) is 11.3 Å². The monoisotopic (exact) mass is 420 g/mol. The standard InChI is InChI=1S/C21H25FN2O4S/c1-15(8-11-17-5-4-14-28-17)23-21(25)16-9-12-18(13-10-16)29(26,27)24-20-7-3-2-6-19(20)22/h2-3,6-7,9-10,12-13,15,17,24H,4-5,8,11,14H2,1H3,(H,23,25). The van der Waals surface area contributed by atoms with Crippen molar-refractivity contribution in [3.63, 3.8) is 0 Å². The molecule has 0 radical (unpaired) electrons. The Morgan fingerprint density at radius 3 is 2.59 bits per heavy atom. The Kier molecular flexibility index (Phi) is 6.87. The average molecular weight is 421 g/mol. The van der Waals surface area contributed by atoms with E-state index in [2.05, 4.69) is 10.0 Å². The van der Waals surface area contributed by atoms with Gasteiger partial charge < -0.3 is 10.1 Å². The van der Waals surface area contributed by atoms with Crippen molar-refractivity contribution in [1.82, 2.24) is 5.32 Å². The molecule has 2 aromatic carbocycles. The van der Waals surface area contributed by atoms with Gasteiger partial charge in [0.2, 0.25) is 0 Å². The van der Waals surface area contributed by atoms with Crippen molar-refractivity contribution < 1.29 is 22.3 Å². The molecule has 1 saturated heterocycles. The van der Waals surface area contributed by atoms with Crippen molar-refractivity contribution in [3.8, 4) is 0 Å². The molecule has 1 aliphatic heterocycles. The predicted octanol–water partition coefficient (Wildman–Crippen LogP) is 3.70. The molecule has 2 aromatic rings. The third-order valence-electron chi connectivity index (χ3n) is 4.87. The van der Waals surface area contributed by atoms with Crippen LogP contribution >= 0.6 is 0 Å². The number of ether oxygens (including phenoxy) is 1. The van der Waals surface area contributed by atoms with Gasteiger partial charge in [-0.05, 0) is 69.0 Å². The molecule has 0 bridgehead atoms. The van der Waals surface area contributed by atoms with Crippen LogP contribution in [0.3, 0.4) is 0 Å². The molecule has 0 aliphatic carbocycles. The smallest absolute Gasteiger partial charge is 0.261 e. The van der Waals surface area contributed by atoms with Gasteiger partial charge in [-0.2, -0.15) is 0 Å². The molecule has 1 amide bonds. The van der Waals surface area contributed by atoms with E-state index in [1.54, 1.807) is 0 Å². The third-order valence-corrected chi connectivity index (χ3v) is 6.25. The predicted molar refractivity (Wildman–Crippen MR) is 109 cm³/mol. The number of hydrogen-bond acceptors (Lipinski definition) is 4. The summed E-state index contributed by atoms with van der Waals surface area (Å²) >= 11 is 0. The zero-order chi connectivity index (χ0) is 20.9. The molecular weight excluding hydrogens is 395 g/mol. The highest BCUT2D eigenvalue weighted by Gasteiger charge is 2.19. The minimum atomic E-state index is -3.96. The molecule has 0 saturated carbocycles. The van der Waals surface area contributed by atoms with Gasteiger partial charge in [-0.3, -0.25) is 9.52 Å². The number of halogens is 1. The van der Waals surface area contributed by atoms with Gasteiger partial charge in [-0.25, -0.2) is 12.8 Å². The summed E-state index contributed by atoms with van der Waals surface area (Å²) in [5.74, 6) is -0.931. The van der Waals surface area contributed by atoms with Crippen LogP contribution in [-0.2, 0) is 14.8 Å². The summed E-state index contributed by atoms with van der Waals surface area (Å²) in [6, 6.07) is 11.0. The first-order chi connectivity index (χ1) is 13.8. The summed E-state index contributed by atoms with van der Waals surface area (Å²) in [7, 11) is -3.96. The second kappa shape index (κ2) is 9.37. The van der Waals surface area contributed by atoms with E-state index in [-0.39, 0.29) is 28.6 Å². The Hall–Kier alpha value is -2.45. The number of carbonyl (C=O) groups is 1. The molecule has 156 valence electrons. The van der Waals surface area contributed by atoms with Gasteiger partial charge in [0.15, 0.2) is 0 Å². The molecule has 3 rings (SSSR count). The minimum absolute atomic E-state index is 0.0159. The fraction of sp³-hybridized carbons (Fsp3) is 0.381. The van der Waals surface area contributed by atoms with E-state index in [1.165, 1.54) is 48.5 Å². The van der Waals surface area contributed by atoms with E-state index in [0.717, 1.165) is 32.3 Å². The highest BCUT2D eigenvalue weighted by Crippen LogP contribution is 2.20. The van der Waals surface area contributed by atoms with Gasteiger partial charge in [0.1, 0.15) is 5.82 Å². The molecule has 1 heterocycles. The van der Waals surface area contributed by atoms with Crippen LogP contribution in [-0.4, -0.2) is 33.1 Å². The Morgan fingerprint density at radius 2 is 1.93 bits per heavy atom. The van der Waals surface area contributed by atoms with Gasteiger partial charge in [-0.1, -0.05) is 12.1 Å². The first-order valence-electron chi connectivity index (χ1n) is 9.65. The largest absolute Gasteiger partial charge is 0.378 e. The Labute approximate surface area is 170 Å². The van der Waals surface area contributed by atoms with Crippen LogP contribution in [0.5, 0.6) is 0 Å². The molecule has 6 nitrogen and oxygen atoms in total. The van der Waals surface area contributed by atoms with Crippen molar-refractivity contribution in [2.24, 2.45) is 0 Å². The number of rotatable bonds is 8. The number of nitrogens with one attached hydrogen (secondary N) is 2. The zero-order valence-corrected chi connectivity index (χ0v) is 17.0. The van der Waals surface area contributed by atoms with E-state index in [1.807, 2.05) is 6.92 Å². The molecule has 0 aromatic heterocycles. The molecule has 29 heavy (non-hydrogen) atoms. The lowest BCUT2D eigenvalue weighted by Crippen LogP contribution is -2.33. The number of amides is 1. The molecule has 2 N–H and O–H groups in total. The summed E-state index contributed by atoms with van der Waals surface area (Å²) in [6.07, 6.45) is 4.15. The number of sulfonamides is 1. The van der Waals surface area contributed by atoms with E-state index in [0.29, 0.717) is 5.56 Å². The lowest BCUT2D eigenvalue weighted by atomic mass is 10.1. The summed E-state index contributed by atoms with van der Waals surface area (Å²) < 4.78 is 46.4. The second-order valence-corrected chi connectivity index (χ2v) is 8.88. The first-order valence-corrected chi connectivity index (χ1v) is 11.1. The SMILES string of the molecule is CC(CCC1CCCO1)NC(=O)c1ccc(S(=O)(=O)Nc2ccccc2F)cc1. The summed E-state index contributed by atoms with van der Waals surface area (Å²) in [5.41, 5.74) is 0.230. The van der Waals surface area contributed by atoms with Gasteiger partial charge in [0, 0.05) is 18.2 Å². The zero-order valence-electron chi connectivity index (χ0n) is 16.2. The van der Waals surface area contributed by atoms with Gasteiger partial charge >= 0.3 is 0 Å². The van der Waals surface area contributed by atoms with E-state index in [4.69, 9.17) is 4.74 Å². The molecule has 0 spiro atoms. The Balaban J connectivity index is 1.58. The Morgan fingerprint density at radius 1 is 1.21 bits per heavy atom. The van der Waals surface area contributed by atoms with Crippen LogP contribution in [0.25, 0.3) is 0 Å². The Bertz CT molecular complexity index is 941. The van der Waals surface area contributed by atoms with Crippen molar-refractivity contribution in [1.29, 1.82) is 0 Å². The highest BCUT2D eigenvalue weighted by atomic mass is 32.2. The summed E-state index contributed by atoms with van der Waals surface area (Å²) in [5, 5.41) is 2.92. The normalized spacial score (nSPS) is 17.7. The molecule has 8 heteroatoms. The molecule has 1 fully saturated rings. The van der Waals surface area contributed by atoms with Crippen LogP contribution in [0.1, 0.15) is 43.0 Å². The number of benzene rings is 2. The van der Waals surface area contributed by atoms with E-state index in [9.17, 15) is 17.6 Å². The van der Waals surface area contributed by atoms with Crippen LogP contribution in [0.2, 0.25) is 0 Å². The van der Waals surface area contributed by atoms with Crippen molar-refractivity contribution in [2.45, 2.75) is 49.6 Å². The quantitative estimate of drug-likeness (QED) is 0.682. The van der Waals surface area contributed by atoms with Crippen LogP contribution in [0, 0.1) is 5.82 Å².